The number of nitrogens with one attached hydrogen (secondary N) is 1. The van der Waals surface area contributed by atoms with Gasteiger partial charge in [0.2, 0.25) is 5.91 Å². The summed E-state index contributed by atoms with van der Waals surface area (Å²) in [5.74, 6) is -1.61. The molecule has 30 heavy (non-hydrogen) atoms. The quantitative estimate of drug-likeness (QED) is 0.744. The van der Waals surface area contributed by atoms with Crippen molar-refractivity contribution in [3.8, 4) is 0 Å². The van der Waals surface area contributed by atoms with E-state index in [4.69, 9.17) is 0 Å². The highest BCUT2D eigenvalue weighted by atomic mass is 19.1. The summed E-state index contributed by atoms with van der Waals surface area (Å²) in [5, 5.41) is 2.65. The Balaban J connectivity index is 1.45. The fourth-order valence-corrected chi connectivity index (χ4v) is 4.06. The molecule has 1 N–H and O–H groups in total. The van der Waals surface area contributed by atoms with E-state index < -0.39 is 11.7 Å². The Morgan fingerprint density at radius 1 is 1.17 bits per heavy atom. The molecule has 0 saturated carbocycles. The summed E-state index contributed by atoms with van der Waals surface area (Å²) >= 11 is 0. The van der Waals surface area contributed by atoms with Crippen molar-refractivity contribution in [3.05, 3.63) is 53.6 Å². The van der Waals surface area contributed by atoms with Crippen molar-refractivity contribution in [1.29, 1.82) is 0 Å². The summed E-state index contributed by atoms with van der Waals surface area (Å²) in [5.41, 5.74) is 2.14. The fraction of sp³-hybridized carbons (Fsp3) is 0.391. The first kappa shape index (κ1) is 20.5. The van der Waals surface area contributed by atoms with Gasteiger partial charge in [0.25, 0.3) is 0 Å². The maximum atomic E-state index is 14.8. The van der Waals surface area contributed by atoms with Gasteiger partial charge in [-0.2, -0.15) is 0 Å². The number of hydrogen-bond donors (Lipinski definition) is 1. The Bertz CT molecular complexity index is 970. The van der Waals surface area contributed by atoms with Gasteiger partial charge >= 0.3 is 0 Å². The molecule has 0 spiro atoms. The van der Waals surface area contributed by atoms with Crippen molar-refractivity contribution in [2.24, 2.45) is 4.99 Å². The predicted octanol–water partition coefficient (Wildman–Crippen LogP) is 4.32. The van der Waals surface area contributed by atoms with E-state index in [0.29, 0.717) is 28.7 Å². The van der Waals surface area contributed by atoms with Gasteiger partial charge in [-0.15, -0.1) is 0 Å². The number of amides is 1. The van der Waals surface area contributed by atoms with Gasteiger partial charge in [0.1, 0.15) is 17.6 Å². The summed E-state index contributed by atoms with van der Waals surface area (Å²) in [6, 6.07) is 9.62. The molecule has 158 valence electrons. The van der Waals surface area contributed by atoms with Crippen molar-refractivity contribution < 1.29 is 13.6 Å². The van der Waals surface area contributed by atoms with Gasteiger partial charge in [-0.25, -0.2) is 8.78 Å². The summed E-state index contributed by atoms with van der Waals surface area (Å²) in [6.45, 7) is 7.83. The maximum Gasteiger partial charge on any atom is 0.237 e. The molecule has 2 aromatic carbocycles. The molecule has 1 saturated heterocycles. The molecule has 0 bridgehead atoms. The maximum absolute atomic E-state index is 14.8. The molecule has 1 amide bonds. The Labute approximate surface area is 175 Å². The summed E-state index contributed by atoms with van der Waals surface area (Å²) in [7, 11) is 0. The fourth-order valence-electron chi connectivity index (χ4n) is 4.06. The standard InChI is InChI=1S/C23H26F2N4O/c1-3-15(2)28-8-10-29(11-9-28)22-7-5-17(13-20(22)25)26-14-19-18-6-4-16(24)12-21(18)27-23(19)30/h4-7,12-15,19H,3,8-11H2,1-2H3,(H,27,30). The molecule has 1 fully saturated rings. The van der Waals surface area contributed by atoms with Crippen LogP contribution in [0.1, 0.15) is 31.7 Å². The molecule has 2 aromatic rings. The first-order chi connectivity index (χ1) is 14.5. The lowest BCUT2D eigenvalue weighted by Gasteiger charge is -2.39. The molecule has 2 aliphatic rings. The van der Waals surface area contributed by atoms with Gasteiger partial charge in [-0.3, -0.25) is 14.7 Å². The van der Waals surface area contributed by atoms with Crippen LogP contribution in [-0.4, -0.2) is 49.2 Å². The highest BCUT2D eigenvalue weighted by Crippen LogP contribution is 2.33. The van der Waals surface area contributed by atoms with Gasteiger partial charge in [-0.1, -0.05) is 13.0 Å². The zero-order chi connectivity index (χ0) is 21.3. The minimum atomic E-state index is -0.614. The molecule has 0 radical (unpaired) electrons. The molecule has 4 rings (SSSR count). The van der Waals surface area contributed by atoms with Gasteiger partial charge in [0, 0.05) is 50.2 Å². The second kappa shape index (κ2) is 8.52. The smallest absolute Gasteiger partial charge is 0.237 e. The minimum Gasteiger partial charge on any atom is -0.367 e. The molecule has 2 aliphatic heterocycles. The Hall–Kier alpha value is -2.80. The summed E-state index contributed by atoms with van der Waals surface area (Å²) in [4.78, 5) is 21.0. The number of hydrogen-bond acceptors (Lipinski definition) is 4. The zero-order valence-electron chi connectivity index (χ0n) is 17.2. The third-order valence-corrected chi connectivity index (χ3v) is 6.06. The number of piperazine rings is 1. The Kier molecular flexibility index (Phi) is 5.81. The second-order valence-corrected chi connectivity index (χ2v) is 7.89. The van der Waals surface area contributed by atoms with E-state index in [2.05, 4.69) is 34.0 Å². The monoisotopic (exact) mass is 412 g/mol. The molecule has 2 heterocycles. The predicted molar refractivity (Wildman–Crippen MR) is 116 cm³/mol. The van der Waals surface area contributed by atoms with Crippen LogP contribution in [0.2, 0.25) is 0 Å². The van der Waals surface area contributed by atoms with Crippen molar-refractivity contribution in [1.82, 2.24) is 4.90 Å². The average Bonchev–Trinajstić information content (AvgIpc) is 3.05. The van der Waals surface area contributed by atoms with Crippen LogP contribution >= 0.6 is 0 Å². The van der Waals surface area contributed by atoms with Gasteiger partial charge in [0.05, 0.1) is 11.4 Å². The van der Waals surface area contributed by atoms with Crippen molar-refractivity contribution in [2.75, 3.05) is 36.4 Å². The van der Waals surface area contributed by atoms with Crippen LogP contribution in [0.4, 0.5) is 25.8 Å². The topological polar surface area (TPSA) is 47.9 Å². The number of nitrogens with zero attached hydrogens (tertiary/aromatic N) is 3. The molecule has 2 unspecified atom stereocenters. The van der Waals surface area contributed by atoms with Crippen LogP contribution in [0.3, 0.4) is 0 Å². The Morgan fingerprint density at radius 2 is 1.93 bits per heavy atom. The molecule has 5 nitrogen and oxygen atoms in total. The normalized spacial score (nSPS) is 20.5. The first-order valence-corrected chi connectivity index (χ1v) is 10.4. The lowest BCUT2D eigenvalue weighted by Crippen LogP contribution is -2.49. The number of halogens is 2. The highest BCUT2D eigenvalue weighted by Gasteiger charge is 2.29. The van der Waals surface area contributed by atoms with Crippen molar-refractivity contribution in [2.45, 2.75) is 32.2 Å². The summed E-state index contributed by atoms with van der Waals surface area (Å²) < 4.78 is 28.1. The van der Waals surface area contributed by atoms with E-state index in [9.17, 15) is 13.6 Å². The number of fused-ring (bicyclic) bond motifs is 1. The average molecular weight is 412 g/mol. The van der Waals surface area contributed by atoms with Crippen LogP contribution in [0.25, 0.3) is 0 Å². The van der Waals surface area contributed by atoms with E-state index in [0.717, 1.165) is 32.6 Å². The Morgan fingerprint density at radius 3 is 2.63 bits per heavy atom. The van der Waals surface area contributed by atoms with Gasteiger partial charge in [-0.05, 0) is 43.2 Å². The van der Waals surface area contributed by atoms with Crippen LogP contribution < -0.4 is 10.2 Å². The lowest BCUT2D eigenvalue weighted by molar-refractivity contribution is -0.115. The lowest BCUT2D eigenvalue weighted by atomic mass is 10.0. The van der Waals surface area contributed by atoms with Gasteiger partial charge in [0.15, 0.2) is 0 Å². The third-order valence-electron chi connectivity index (χ3n) is 6.06. The number of rotatable bonds is 5. The summed E-state index contributed by atoms with van der Waals surface area (Å²) in [6.07, 6.45) is 2.60. The first-order valence-electron chi connectivity index (χ1n) is 10.4. The largest absolute Gasteiger partial charge is 0.367 e. The number of anilines is 2. The molecule has 7 heteroatoms. The van der Waals surface area contributed by atoms with Crippen LogP contribution in [0.5, 0.6) is 0 Å². The second-order valence-electron chi connectivity index (χ2n) is 7.89. The number of aliphatic imine (C=N–C) groups is 1. The number of benzene rings is 2. The van der Waals surface area contributed by atoms with E-state index in [1.54, 1.807) is 18.2 Å². The van der Waals surface area contributed by atoms with E-state index >= 15 is 0 Å². The van der Waals surface area contributed by atoms with E-state index in [1.165, 1.54) is 24.4 Å². The van der Waals surface area contributed by atoms with Crippen molar-refractivity contribution in [3.63, 3.8) is 0 Å². The SMILES string of the molecule is CCC(C)N1CCN(c2ccc(N=CC3C(=O)Nc4cc(F)ccc43)cc2F)CC1. The van der Waals surface area contributed by atoms with Crippen LogP contribution in [-0.2, 0) is 4.79 Å². The molecular formula is C23H26F2N4O. The van der Waals surface area contributed by atoms with Crippen molar-refractivity contribution >= 4 is 29.2 Å². The third kappa shape index (κ3) is 4.07. The number of carbonyl (C=O) groups is 1. The van der Waals surface area contributed by atoms with E-state index in [1.807, 2.05) is 0 Å². The minimum absolute atomic E-state index is 0.268. The van der Waals surface area contributed by atoms with E-state index in [-0.39, 0.29) is 11.7 Å². The molecule has 0 aliphatic carbocycles. The zero-order valence-corrected chi connectivity index (χ0v) is 17.2. The van der Waals surface area contributed by atoms with Crippen LogP contribution in [0.15, 0.2) is 41.4 Å². The van der Waals surface area contributed by atoms with Crippen LogP contribution in [0, 0.1) is 11.6 Å². The highest BCUT2D eigenvalue weighted by molar-refractivity contribution is 6.12. The van der Waals surface area contributed by atoms with Gasteiger partial charge < -0.3 is 10.2 Å². The number of carbonyl (C=O) groups excluding carboxylic acids is 1. The molecule has 2 atom stereocenters. The molecular weight excluding hydrogens is 386 g/mol. The molecule has 0 aromatic heterocycles.